The molecule has 0 unspecified atom stereocenters. The molecule has 0 radical (unpaired) electrons. The van der Waals surface area contributed by atoms with Gasteiger partial charge in [0.1, 0.15) is 5.75 Å². The van der Waals surface area contributed by atoms with E-state index in [4.69, 9.17) is 0 Å². The topological polar surface area (TPSA) is 144 Å². The lowest BCUT2D eigenvalue weighted by atomic mass is 9.49. The maximum absolute atomic E-state index is 15.3. The Kier molecular flexibility index (Phi) is 7.36. The summed E-state index contributed by atoms with van der Waals surface area (Å²) < 4.78 is 0. The summed E-state index contributed by atoms with van der Waals surface area (Å²) in [6, 6.07) is 27.4. The van der Waals surface area contributed by atoms with Gasteiger partial charge in [0.05, 0.1) is 35.3 Å². The van der Waals surface area contributed by atoms with Crippen LogP contribution in [0.25, 0.3) is 10.8 Å². The number of allylic oxidation sites excluding steroid dienone is 2. The van der Waals surface area contributed by atoms with E-state index in [1.54, 1.807) is 30.3 Å². The van der Waals surface area contributed by atoms with Crippen LogP contribution in [0.2, 0.25) is 0 Å². The molecule has 2 heterocycles. The predicted molar refractivity (Wildman–Crippen MR) is 183 cm³/mol. The molecule has 10 heteroatoms. The van der Waals surface area contributed by atoms with Crippen molar-refractivity contribution < 1.29 is 34.2 Å². The van der Waals surface area contributed by atoms with Crippen molar-refractivity contribution in [3.63, 3.8) is 0 Å². The van der Waals surface area contributed by atoms with Crippen molar-refractivity contribution in [3.8, 4) is 5.75 Å². The summed E-state index contributed by atoms with van der Waals surface area (Å²) in [6.07, 6.45) is 1.98. The number of amides is 4. The zero-order chi connectivity index (χ0) is 34.9. The fourth-order valence-electron chi connectivity index (χ4n) is 9.14. The number of aryl methyl sites for hydroxylation is 1. The van der Waals surface area contributed by atoms with Crippen molar-refractivity contribution in [1.82, 2.24) is 9.91 Å². The van der Waals surface area contributed by atoms with E-state index in [1.165, 1.54) is 0 Å². The van der Waals surface area contributed by atoms with Gasteiger partial charge in [-0.05, 0) is 60.4 Å². The van der Waals surface area contributed by atoms with E-state index in [0.717, 1.165) is 26.6 Å². The first-order chi connectivity index (χ1) is 24.1. The summed E-state index contributed by atoms with van der Waals surface area (Å²) in [4.78, 5) is 70.4. The second kappa shape index (κ2) is 11.7. The minimum atomic E-state index is -1.44. The molecule has 2 aliphatic heterocycles. The van der Waals surface area contributed by atoms with Crippen molar-refractivity contribution in [2.45, 2.75) is 37.5 Å². The van der Waals surface area contributed by atoms with Crippen molar-refractivity contribution >= 4 is 46.1 Å². The number of carbonyl (C=O) groups excluding carboxylic acids is 4. The van der Waals surface area contributed by atoms with Gasteiger partial charge in [0.25, 0.3) is 11.8 Å². The molecule has 1 saturated carbocycles. The van der Waals surface area contributed by atoms with Gasteiger partial charge < -0.3 is 10.2 Å². The van der Waals surface area contributed by atoms with Crippen LogP contribution in [0.4, 0.5) is 5.69 Å². The van der Waals surface area contributed by atoms with E-state index in [-0.39, 0.29) is 31.6 Å². The molecule has 4 amide bonds. The van der Waals surface area contributed by atoms with Crippen LogP contribution in [0.5, 0.6) is 5.75 Å². The first-order valence-corrected chi connectivity index (χ1v) is 16.9. The number of phenolic OH excluding ortho intramolecular Hbond substituents is 1. The van der Waals surface area contributed by atoms with Gasteiger partial charge in [0.15, 0.2) is 0 Å². The standard InChI is InChI=1S/C40H35N3O7/c1-22-11-13-24(14-12-22)41-43-37(48)31-21-30-28(15-16-29-34(30)38(49)42(36(29)47)20-19-33(45)46)35(40(31,39(43)50)23-7-3-2-4-8-23)27-17-18-32(44)26-10-6-5-9-25(26)27/h2-15,17-18,29-31,34-35,41,44H,16,19-21H2,1H3,(H,45,46)/t29-,30+,31-,34-,35-,40+/m0/s1. The molecular weight excluding hydrogens is 634 g/mol. The number of phenols is 1. The highest BCUT2D eigenvalue weighted by molar-refractivity contribution is 6.13. The Balaban J connectivity index is 1.36. The normalized spacial score (nSPS) is 27.2. The highest BCUT2D eigenvalue weighted by Gasteiger charge is 2.70. The Morgan fingerprint density at radius 1 is 0.840 bits per heavy atom. The van der Waals surface area contributed by atoms with E-state index < -0.39 is 64.6 Å². The average Bonchev–Trinajstić information content (AvgIpc) is 3.49. The van der Waals surface area contributed by atoms with Gasteiger partial charge in [-0.3, -0.25) is 34.3 Å². The molecule has 3 N–H and O–H groups in total. The number of aromatic hydroxyl groups is 1. The van der Waals surface area contributed by atoms with Crippen molar-refractivity contribution in [1.29, 1.82) is 0 Å². The van der Waals surface area contributed by atoms with Gasteiger partial charge in [-0.25, -0.2) is 0 Å². The van der Waals surface area contributed by atoms with Crippen LogP contribution in [-0.4, -0.2) is 56.3 Å². The number of hydrogen-bond acceptors (Lipinski definition) is 7. The molecule has 2 saturated heterocycles. The first-order valence-electron chi connectivity index (χ1n) is 16.9. The number of hydrazine groups is 1. The van der Waals surface area contributed by atoms with Gasteiger partial charge in [-0.2, -0.15) is 5.01 Å². The molecule has 2 aliphatic carbocycles. The van der Waals surface area contributed by atoms with E-state index in [2.05, 4.69) is 5.43 Å². The summed E-state index contributed by atoms with van der Waals surface area (Å²) >= 11 is 0. The maximum atomic E-state index is 15.3. The van der Waals surface area contributed by atoms with Crippen LogP contribution in [-0.2, 0) is 29.4 Å². The summed E-state index contributed by atoms with van der Waals surface area (Å²) in [5, 5.41) is 22.7. The van der Waals surface area contributed by atoms with Gasteiger partial charge in [0.2, 0.25) is 11.8 Å². The quantitative estimate of drug-likeness (QED) is 0.177. The summed E-state index contributed by atoms with van der Waals surface area (Å²) in [6.45, 7) is 1.72. The Hall–Kier alpha value is -5.77. The van der Waals surface area contributed by atoms with Crippen LogP contribution in [0, 0.1) is 30.6 Å². The minimum Gasteiger partial charge on any atom is -0.507 e. The number of fused-ring (bicyclic) bond motifs is 5. The molecule has 10 nitrogen and oxygen atoms in total. The van der Waals surface area contributed by atoms with E-state index in [9.17, 15) is 29.4 Å². The van der Waals surface area contributed by atoms with Crippen LogP contribution >= 0.6 is 0 Å². The Morgan fingerprint density at radius 2 is 1.54 bits per heavy atom. The molecule has 4 aliphatic rings. The Labute approximate surface area is 288 Å². The fourth-order valence-corrected chi connectivity index (χ4v) is 9.14. The number of anilines is 1. The smallest absolute Gasteiger partial charge is 0.305 e. The zero-order valence-electron chi connectivity index (χ0n) is 27.3. The average molecular weight is 670 g/mol. The van der Waals surface area contributed by atoms with Gasteiger partial charge in [-0.15, -0.1) is 0 Å². The Bertz CT molecular complexity index is 2130. The second-order valence-electron chi connectivity index (χ2n) is 13.8. The summed E-state index contributed by atoms with van der Waals surface area (Å²) in [5.74, 6) is -6.50. The molecule has 50 heavy (non-hydrogen) atoms. The first kappa shape index (κ1) is 31.5. The SMILES string of the molecule is Cc1ccc(NN2C(=O)[C@@H]3C[C@@H]4C(=CC[C@@H]5C(=O)N(CCC(=O)O)C(=O)[C@@H]54)[C@H](c4ccc(O)c5ccccc45)[C@]3(c3ccccc3)C2=O)cc1. The molecule has 8 rings (SSSR count). The number of nitrogens with one attached hydrogen (secondary N) is 1. The van der Waals surface area contributed by atoms with Crippen LogP contribution < -0.4 is 5.43 Å². The molecule has 0 aromatic heterocycles. The predicted octanol–water partition coefficient (Wildman–Crippen LogP) is 5.31. The summed E-state index contributed by atoms with van der Waals surface area (Å²) in [5.41, 5.74) is 5.40. The number of hydrogen-bond donors (Lipinski definition) is 3. The number of rotatable bonds is 7. The third-order valence-corrected chi connectivity index (χ3v) is 11.3. The van der Waals surface area contributed by atoms with Gasteiger partial charge in [-0.1, -0.05) is 90.0 Å². The highest BCUT2D eigenvalue weighted by Crippen LogP contribution is 2.64. The molecule has 0 bridgehead atoms. The molecular formula is C40H35N3O7. The summed E-state index contributed by atoms with van der Waals surface area (Å²) in [7, 11) is 0. The van der Waals surface area contributed by atoms with Crippen LogP contribution in [0.15, 0.2) is 103 Å². The number of carbonyl (C=O) groups is 5. The van der Waals surface area contributed by atoms with E-state index in [1.807, 2.05) is 73.7 Å². The fraction of sp³-hybridized carbons (Fsp3) is 0.275. The second-order valence-corrected chi connectivity index (χ2v) is 13.8. The molecule has 3 fully saturated rings. The zero-order valence-corrected chi connectivity index (χ0v) is 27.3. The molecule has 4 aromatic carbocycles. The maximum Gasteiger partial charge on any atom is 0.305 e. The van der Waals surface area contributed by atoms with E-state index >= 15 is 4.79 Å². The van der Waals surface area contributed by atoms with Gasteiger partial charge in [0, 0.05) is 17.8 Å². The van der Waals surface area contributed by atoms with E-state index in [0.29, 0.717) is 22.0 Å². The third kappa shape index (κ3) is 4.51. The lowest BCUT2D eigenvalue weighted by Gasteiger charge is -2.51. The van der Waals surface area contributed by atoms with Crippen LogP contribution in [0.1, 0.15) is 41.9 Å². The lowest BCUT2D eigenvalue weighted by molar-refractivity contribution is -0.143. The Morgan fingerprint density at radius 3 is 2.26 bits per heavy atom. The minimum absolute atomic E-state index is 0.0711. The largest absolute Gasteiger partial charge is 0.507 e. The molecule has 4 aromatic rings. The van der Waals surface area contributed by atoms with Gasteiger partial charge >= 0.3 is 5.97 Å². The third-order valence-electron chi connectivity index (χ3n) is 11.3. The number of nitrogens with zero attached hydrogens (tertiary/aromatic N) is 2. The van der Waals surface area contributed by atoms with Crippen LogP contribution in [0.3, 0.4) is 0 Å². The number of carboxylic acids is 1. The number of benzene rings is 4. The van der Waals surface area contributed by atoms with Crippen molar-refractivity contribution in [3.05, 3.63) is 119 Å². The monoisotopic (exact) mass is 669 g/mol. The molecule has 252 valence electrons. The number of imide groups is 2. The van der Waals surface area contributed by atoms with Crippen molar-refractivity contribution in [2.24, 2.45) is 23.7 Å². The number of carboxylic acid groups (broad SMARTS) is 1. The van der Waals surface area contributed by atoms with Crippen molar-refractivity contribution in [2.75, 3.05) is 12.0 Å². The molecule has 6 atom stereocenters. The molecule has 0 spiro atoms. The lowest BCUT2D eigenvalue weighted by Crippen LogP contribution is -2.53. The number of likely N-dealkylation sites (tertiary alicyclic amines) is 1. The number of aliphatic carboxylic acids is 1. The highest BCUT2D eigenvalue weighted by atomic mass is 16.4.